The SMILES string of the molecule is CN(CC(C)(C)C)C(=O)N1CCCCC1C(=O)O. The number of hydrogen-bond acceptors (Lipinski definition) is 2. The Kier molecular flexibility index (Phi) is 4.59. The highest BCUT2D eigenvalue weighted by Crippen LogP contribution is 2.21. The second-order valence-corrected chi connectivity index (χ2v) is 6.24. The van der Waals surface area contributed by atoms with Crippen LogP contribution in [0.1, 0.15) is 40.0 Å². The van der Waals surface area contributed by atoms with E-state index >= 15 is 0 Å². The molecule has 2 amide bonds. The van der Waals surface area contributed by atoms with E-state index in [1.165, 1.54) is 4.90 Å². The Labute approximate surface area is 109 Å². The van der Waals surface area contributed by atoms with Crippen LogP contribution in [0.3, 0.4) is 0 Å². The zero-order valence-electron chi connectivity index (χ0n) is 11.8. The smallest absolute Gasteiger partial charge is 0.326 e. The highest BCUT2D eigenvalue weighted by molar-refractivity contribution is 5.82. The summed E-state index contributed by atoms with van der Waals surface area (Å²) in [6.45, 7) is 7.34. The van der Waals surface area contributed by atoms with Crippen molar-refractivity contribution >= 4 is 12.0 Å². The molecular formula is C13H24N2O3. The van der Waals surface area contributed by atoms with E-state index in [9.17, 15) is 9.59 Å². The molecule has 1 saturated heterocycles. The van der Waals surface area contributed by atoms with Gasteiger partial charge in [-0.25, -0.2) is 9.59 Å². The van der Waals surface area contributed by atoms with Crippen LogP contribution in [0.25, 0.3) is 0 Å². The largest absolute Gasteiger partial charge is 0.480 e. The number of carbonyl (C=O) groups excluding carboxylic acids is 1. The number of amides is 2. The van der Waals surface area contributed by atoms with Crippen LogP contribution in [-0.2, 0) is 4.79 Å². The average molecular weight is 256 g/mol. The van der Waals surface area contributed by atoms with E-state index in [1.807, 2.05) is 0 Å². The number of rotatable bonds is 2. The number of carbonyl (C=O) groups is 2. The molecule has 0 aliphatic carbocycles. The third-order valence-electron chi connectivity index (χ3n) is 3.07. The second-order valence-electron chi connectivity index (χ2n) is 6.24. The number of likely N-dealkylation sites (tertiary alicyclic amines) is 1. The van der Waals surface area contributed by atoms with Crippen molar-refractivity contribution in [3.8, 4) is 0 Å². The minimum absolute atomic E-state index is 0.0128. The first-order chi connectivity index (χ1) is 8.22. The predicted octanol–water partition coefficient (Wildman–Crippen LogP) is 2.02. The Bertz CT molecular complexity index is 323. The summed E-state index contributed by atoms with van der Waals surface area (Å²) in [5.74, 6) is -0.896. The molecule has 1 rings (SSSR count). The van der Waals surface area contributed by atoms with Crippen LogP contribution in [0.5, 0.6) is 0 Å². The molecule has 1 fully saturated rings. The number of carboxylic acid groups (broad SMARTS) is 1. The summed E-state index contributed by atoms with van der Waals surface area (Å²) in [7, 11) is 1.74. The van der Waals surface area contributed by atoms with Gasteiger partial charge in [0, 0.05) is 20.1 Å². The van der Waals surface area contributed by atoms with Crippen LogP contribution >= 0.6 is 0 Å². The van der Waals surface area contributed by atoms with E-state index in [0.717, 1.165) is 12.8 Å². The number of nitrogens with zero attached hydrogens (tertiary/aromatic N) is 2. The van der Waals surface area contributed by atoms with Gasteiger partial charge in [0.2, 0.25) is 0 Å². The van der Waals surface area contributed by atoms with Crippen molar-refractivity contribution in [3.05, 3.63) is 0 Å². The lowest BCUT2D eigenvalue weighted by Crippen LogP contribution is -2.53. The van der Waals surface area contributed by atoms with Crippen LogP contribution in [-0.4, -0.2) is 53.1 Å². The van der Waals surface area contributed by atoms with Gasteiger partial charge in [-0.1, -0.05) is 20.8 Å². The first-order valence-electron chi connectivity index (χ1n) is 6.47. The van der Waals surface area contributed by atoms with Crippen molar-refractivity contribution in [2.24, 2.45) is 5.41 Å². The fourth-order valence-electron chi connectivity index (χ4n) is 2.42. The van der Waals surface area contributed by atoms with Crippen LogP contribution < -0.4 is 0 Å². The number of piperidine rings is 1. The Morgan fingerprint density at radius 3 is 2.44 bits per heavy atom. The van der Waals surface area contributed by atoms with Gasteiger partial charge >= 0.3 is 12.0 Å². The van der Waals surface area contributed by atoms with Crippen molar-refractivity contribution < 1.29 is 14.7 Å². The molecule has 0 radical (unpaired) electrons. The van der Waals surface area contributed by atoms with Gasteiger partial charge in [0.05, 0.1) is 0 Å². The van der Waals surface area contributed by atoms with Gasteiger partial charge in [-0.3, -0.25) is 0 Å². The lowest BCUT2D eigenvalue weighted by molar-refractivity contribution is -0.143. The molecule has 1 atom stereocenters. The van der Waals surface area contributed by atoms with Crippen molar-refractivity contribution in [2.45, 2.75) is 46.1 Å². The van der Waals surface area contributed by atoms with Crippen molar-refractivity contribution in [2.75, 3.05) is 20.1 Å². The highest BCUT2D eigenvalue weighted by Gasteiger charge is 2.34. The Morgan fingerprint density at radius 1 is 1.33 bits per heavy atom. The summed E-state index contributed by atoms with van der Waals surface area (Å²) in [6.07, 6.45) is 2.33. The minimum Gasteiger partial charge on any atom is -0.480 e. The van der Waals surface area contributed by atoms with Crippen LogP contribution in [0.15, 0.2) is 0 Å². The zero-order valence-corrected chi connectivity index (χ0v) is 11.8. The Hall–Kier alpha value is -1.26. The topological polar surface area (TPSA) is 60.9 Å². The fourth-order valence-corrected chi connectivity index (χ4v) is 2.42. The van der Waals surface area contributed by atoms with Crippen molar-refractivity contribution in [1.82, 2.24) is 9.80 Å². The normalized spacial score (nSPS) is 20.7. The summed E-state index contributed by atoms with van der Waals surface area (Å²) in [6, 6.07) is -0.828. The molecule has 5 heteroatoms. The van der Waals surface area contributed by atoms with Gasteiger partial charge in [0.15, 0.2) is 0 Å². The van der Waals surface area contributed by atoms with E-state index in [4.69, 9.17) is 5.11 Å². The molecule has 1 aliphatic rings. The van der Waals surface area contributed by atoms with E-state index in [-0.39, 0.29) is 11.4 Å². The van der Waals surface area contributed by atoms with Gasteiger partial charge in [0.25, 0.3) is 0 Å². The van der Waals surface area contributed by atoms with E-state index < -0.39 is 12.0 Å². The van der Waals surface area contributed by atoms with Crippen molar-refractivity contribution in [1.29, 1.82) is 0 Å². The summed E-state index contributed by atoms with van der Waals surface area (Å²) in [5.41, 5.74) is 0.0128. The molecule has 1 heterocycles. The molecule has 1 N–H and O–H groups in total. The number of hydrogen-bond donors (Lipinski definition) is 1. The molecule has 0 bridgehead atoms. The van der Waals surface area contributed by atoms with E-state index in [1.54, 1.807) is 11.9 Å². The van der Waals surface area contributed by atoms with Crippen LogP contribution in [0.4, 0.5) is 4.79 Å². The van der Waals surface area contributed by atoms with Gasteiger partial charge in [-0.2, -0.15) is 0 Å². The van der Waals surface area contributed by atoms with E-state index in [0.29, 0.717) is 19.5 Å². The molecule has 1 unspecified atom stereocenters. The second kappa shape index (κ2) is 5.59. The molecule has 0 aromatic rings. The summed E-state index contributed by atoms with van der Waals surface area (Å²) >= 11 is 0. The third-order valence-corrected chi connectivity index (χ3v) is 3.07. The first kappa shape index (κ1) is 14.8. The number of carboxylic acids is 1. The third kappa shape index (κ3) is 3.89. The van der Waals surface area contributed by atoms with Crippen molar-refractivity contribution in [3.63, 3.8) is 0 Å². The van der Waals surface area contributed by atoms with E-state index in [2.05, 4.69) is 20.8 Å². The lowest BCUT2D eigenvalue weighted by Gasteiger charge is -2.37. The molecule has 0 spiro atoms. The van der Waals surface area contributed by atoms with Gasteiger partial charge in [-0.15, -0.1) is 0 Å². The molecule has 104 valence electrons. The molecule has 0 saturated carbocycles. The predicted molar refractivity (Wildman–Crippen MR) is 69.5 cm³/mol. The molecule has 1 aliphatic heterocycles. The maximum absolute atomic E-state index is 12.3. The van der Waals surface area contributed by atoms with Gasteiger partial charge in [0.1, 0.15) is 6.04 Å². The highest BCUT2D eigenvalue weighted by atomic mass is 16.4. The maximum Gasteiger partial charge on any atom is 0.326 e. The Balaban J connectivity index is 2.71. The summed E-state index contributed by atoms with van der Waals surface area (Å²) in [5, 5.41) is 9.16. The molecular weight excluding hydrogens is 232 g/mol. The fraction of sp³-hybridized carbons (Fsp3) is 0.846. The molecule has 18 heavy (non-hydrogen) atoms. The monoisotopic (exact) mass is 256 g/mol. The minimum atomic E-state index is -0.896. The lowest BCUT2D eigenvalue weighted by atomic mass is 9.96. The van der Waals surface area contributed by atoms with Gasteiger partial charge < -0.3 is 14.9 Å². The van der Waals surface area contributed by atoms with Crippen LogP contribution in [0, 0.1) is 5.41 Å². The molecule has 0 aromatic carbocycles. The first-order valence-corrected chi connectivity index (χ1v) is 6.47. The van der Waals surface area contributed by atoms with Gasteiger partial charge in [-0.05, 0) is 24.7 Å². The number of aliphatic carboxylic acids is 1. The summed E-state index contributed by atoms with van der Waals surface area (Å²) in [4.78, 5) is 26.6. The van der Waals surface area contributed by atoms with Crippen LogP contribution in [0.2, 0.25) is 0 Å². The maximum atomic E-state index is 12.3. The summed E-state index contributed by atoms with van der Waals surface area (Å²) < 4.78 is 0. The zero-order chi connectivity index (χ0) is 13.9. The Morgan fingerprint density at radius 2 is 1.94 bits per heavy atom. The standard InChI is InChI=1S/C13H24N2O3/c1-13(2,3)9-14(4)12(18)15-8-6-5-7-10(15)11(16)17/h10H,5-9H2,1-4H3,(H,16,17). The molecule has 5 nitrogen and oxygen atoms in total. The number of urea groups is 1. The quantitative estimate of drug-likeness (QED) is 0.822. The molecule has 0 aromatic heterocycles. The average Bonchev–Trinajstić information content (AvgIpc) is 2.25.